The molecular formula is C43H50O16S. The van der Waals surface area contributed by atoms with Gasteiger partial charge in [-0.2, -0.15) is 0 Å². The first-order chi connectivity index (χ1) is 28.8. The number of thioether (sulfide) groups is 1. The van der Waals surface area contributed by atoms with Crippen molar-refractivity contribution in [2.45, 2.75) is 113 Å². The lowest BCUT2D eigenvalue weighted by atomic mass is 9.97. The summed E-state index contributed by atoms with van der Waals surface area (Å²) >= 11 is 1.23. The summed E-state index contributed by atoms with van der Waals surface area (Å²) in [7, 11) is 1.56. The molecule has 2 aliphatic rings. The molecule has 0 N–H and O–H groups in total. The molecule has 2 saturated heterocycles. The molecule has 16 nitrogen and oxygen atoms in total. The molecule has 0 aromatic heterocycles. The predicted molar refractivity (Wildman–Crippen MR) is 211 cm³/mol. The Hall–Kier alpha value is -5.04. The Morgan fingerprint density at radius 1 is 0.517 bits per heavy atom. The summed E-state index contributed by atoms with van der Waals surface area (Å²) < 4.78 is 65.8. The number of esters is 5. The number of hydrogen-bond donors (Lipinski definition) is 0. The van der Waals surface area contributed by atoms with Gasteiger partial charge in [0.15, 0.2) is 36.8 Å². The van der Waals surface area contributed by atoms with Crippen molar-refractivity contribution >= 4 is 41.6 Å². The minimum Gasteiger partial charge on any atom is -0.497 e. The first-order valence-corrected chi connectivity index (χ1v) is 20.1. The highest BCUT2D eigenvalue weighted by molar-refractivity contribution is 7.99. The van der Waals surface area contributed by atoms with Crippen LogP contribution in [0.15, 0.2) is 89.8 Å². The van der Waals surface area contributed by atoms with Crippen LogP contribution in [0.5, 0.6) is 5.75 Å². The number of rotatable bonds is 18. The standard InChI is InChI=1S/C43H50O16S/c1-25(44)53-37-34(23-50-21-31-17-19-32(49-6)20-18-31)58-42(40(56-28(4)47)39(37)55-27(3)46)52-24-35-36(51-22-30-13-9-7-10-14-30)38(54-26(2)45)41(57-29(5)48)43(59-35)60-33-15-11-8-12-16-33/h7-20,34-43H,21-24H2,1-6H3/t34-,35-,36-,37-,38+,39+,40-,41-,42+,43+/m1/s1. The summed E-state index contributed by atoms with van der Waals surface area (Å²) in [4.78, 5) is 63.6. The van der Waals surface area contributed by atoms with Crippen LogP contribution in [0.2, 0.25) is 0 Å². The van der Waals surface area contributed by atoms with Crippen LogP contribution in [-0.2, 0) is 84.6 Å². The monoisotopic (exact) mass is 854 g/mol. The second-order valence-corrected chi connectivity index (χ2v) is 15.0. The van der Waals surface area contributed by atoms with Gasteiger partial charge < -0.3 is 52.1 Å². The lowest BCUT2D eigenvalue weighted by molar-refractivity contribution is -0.319. The van der Waals surface area contributed by atoms with Gasteiger partial charge in [-0.3, -0.25) is 24.0 Å². The minimum atomic E-state index is -1.48. The van der Waals surface area contributed by atoms with Crippen molar-refractivity contribution in [3.05, 3.63) is 96.1 Å². The molecule has 17 heteroatoms. The summed E-state index contributed by atoms with van der Waals surface area (Å²) in [5.41, 5.74) is 0.627. The van der Waals surface area contributed by atoms with Crippen LogP contribution in [0.4, 0.5) is 0 Å². The fourth-order valence-corrected chi connectivity index (χ4v) is 7.80. The number of methoxy groups -OCH3 is 1. The van der Waals surface area contributed by atoms with E-state index < -0.39 is 90.4 Å². The van der Waals surface area contributed by atoms with Gasteiger partial charge in [-0.15, -0.1) is 0 Å². The van der Waals surface area contributed by atoms with E-state index in [1.165, 1.54) is 32.5 Å². The molecule has 3 aromatic carbocycles. The Labute approximate surface area is 352 Å². The van der Waals surface area contributed by atoms with Gasteiger partial charge in [-0.25, -0.2) is 0 Å². The minimum absolute atomic E-state index is 0.0363. The topological polar surface area (TPSA) is 187 Å². The van der Waals surface area contributed by atoms with Gasteiger partial charge in [-0.05, 0) is 35.4 Å². The average molecular weight is 855 g/mol. The molecule has 324 valence electrons. The third kappa shape index (κ3) is 13.5. The molecular weight excluding hydrogens is 805 g/mol. The summed E-state index contributed by atoms with van der Waals surface area (Å²) in [6.45, 7) is 5.54. The molecule has 0 amide bonds. The van der Waals surface area contributed by atoms with Crippen molar-refractivity contribution in [1.29, 1.82) is 0 Å². The van der Waals surface area contributed by atoms with Crippen molar-refractivity contribution in [2.75, 3.05) is 20.3 Å². The molecule has 5 rings (SSSR count). The molecule has 0 spiro atoms. The Morgan fingerprint density at radius 3 is 1.60 bits per heavy atom. The predicted octanol–water partition coefficient (Wildman–Crippen LogP) is 4.71. The Balaban J connectivity index is 1.49. The van der Waals surface area contributed by atoms with E-state index in [0.29, 0.717) is 5.75 Å². The lowest BCUT2D eigenvalue weighted by Gasteiger charge is -2.46. The maximum atomic E-state index is 12.7. The summed E-state index contributed by atoms with van der Waals surface area (Å²) in [6.07, 6.45) is -11.3. The molecule has 2 fully saturated rings. The van der Waals surface area contributed by atoms with E-state index in [1.807, 2.05) is 72.8 Å². The number of benzene rings is 3. The number of ether oxygens (including phenoxy) is 11. The molecule has 10 atom stereocenters. The fourth-order valence-electron chi connectivity index (χ4n) is 6.68. The van der Waals surface area contributed by atoms with Gasteiger partial charge in [0.2, 0.25) is 0 Å². The maximum Gasteiger partial charge on any atom is 0.303 e. The zero-order chi connectivity index (χ0) is 43.2. The van der Waals surface area contributed by atoms with Crippen LogP contribution in [0.1, 0.15) is 45.7 Å². The van der Waals surface area contributed by atoms with Crippen LogP contribution in [-0.4, -0.2) is 111 Å². The van der Waals surface area contributed by atoms with E-state index in [-0.39, 0.29) is 26.4 Å². The molecule has 60 heavy (non-hydrogen) atoms. The molecule has 0 aliphatic carbocycles. The van der Waals surface area contributed by atoms with E-state index in [9.17, 15) is 24.0 Å². The quantitative estimate of drug-likeness (QED) is 0.126. The normalized spacial score (nSPS) is 26.2. The molecule has 3 aromatic rings. The van der Waals surface area contributed by atoms with E-state index in [2.05, 4.69) is 0 Å². The van der Waals surface area contributed by atoms with E-state index in [1.54, 1.807) is 19.2 Å². The van der Waals surface area contributed by atoms with Crippen LogP contribution in [0, 0.1) is 0 Å². The largest absolute Gasteiger partial charge is 0.497 e. The summed E-state index contributed by atoms with van der Waals surface area (Å²) in [5, 5.41) is 0. The summed E-state index contributed by atoms with van der Waals surface area (Å²) in [5.74, 6) is -2.92. The first-order valence-electron chi connectivity index (χ1n) is 19.2. The highest BCUT2D eigenvalue weighted by Crippen LogP contribution is 2.39. The second kappa shape index (κ2) is 22.5. The molecule has 0 bridgehead atoms. The Bertz CT molecular complexity index is 1860. The van der Waals surface area contributed by atoms with Crippen LogP contribution in [0.25, 0.3) is 0 Å². The lowest BCUT2D eigenvalue weighted by Crippen LogP contribution is -2.64. The van der Waals surface area contributed by atoms with E-state index in [0.717, 1.165) is 29.9 Å². The Kier molecular flexibility index (Phi) is 17.3. The first kappa shape index (κ1) is 46.0. The smallest absolute Gasteiger partial charge is 0.303 e. The fraction of sp³-hybridized carbons (Fsp3) is 0.465. The van der Waals surface area contributed by atoms with Crippen molar-refractivity contribution < 1.29 is 76.1 Å². The van der Waals surface area contributed by atoms with Gasteiger partial charge in [-0.1, -0.05) is 72.4 Å². The van der Waals surface area contributed by atoms with Gasteiger partial charge in [0.1, 0.15) is 29.5 Å². The molecule has 2 aliphatic heterocycles. The number of carbonyl (C=O) groups excluding carboxylic acids is 5. The van der Waals surface area contributed by atoms with Crippen molar-refractivity contribution in [3.63, 3.8) is 0 Å². The van der Waals surface area contributed by atoms with E-state index in [4.69, 9.17) is 52.1 Å². The van der Waals surface area contributed by atoms with E-state index >= 15 is 0 Å². The molecule has 0 unspecified atom stereocenters. The van der Waals surface area contributed by atoms with Crippen LogP contribution < -0.4 is 4.74 Å². The van der Waals surface area contributed by atoms with Gasteiger partial charge in [0.25, 0.3) is 0 Å². The Morgan fingerprint density at radius 2 is 1.02 bits per heavy atom. The van der Waals surface area contributed by atoms with Gasteiger partial charge >= 0.3 is 29.8 Å². The summed E-state index contributed by atoms with van der Waals surface area (Å²) in [6, 6.07) is 25.6. The molecule has 0 saturated carbocycles. The third-order valence-corrected chi connectivity index (χ3v) is 10.3. The zero-order valence-corrected chi connectivity index (χ0v) is 34.9. The maximum absolute atomic E-state index is 12.7. The van der Waals surface area contributed by atoms with Crippen molar-refractivity contribution in [1.82, 2.24) is 0 Å². The van der Waals surface area contributed by atoms with Gasteiger partial charge in [0.05, 0.1) is 33.5 Å². The van der Waals surface area contributed by atoms with Crippen LogP contribution >= 0.6 is 11.8 Å². The average Bonchev–Trinajstić information content (AvgIpc) is 3.20. The molecule has 2 heterocycles. The molecule has 0 radical (unpaired) electrons. The van der Waals surface area contributed by atoms with Crippen LogP contribution in [0.3, 0.4) is 0 Å². The van der Waals surface area contributed by atoms with Gasteiger partial charge in [0, 0.05) is 39.5 Å². The van der Waals surface area contributed by atoms with Crippen molar-refractivity contribution in [2.24, 2.45) is 0 Å². The zero-order valence-electron chi connectivity index (χ0n) is 34.1. The highest BCUT2D eigenvalue weighted by atomic mass is 32.2. The second-order valence-electron chi connectivity index (χ2n) is 13.8. The van der Waals surface area contributed by atoms with Crippen molar-refractivity contribution in [3.8, 4) is 5.75 Å². The number of hydrogen-bond acceptors (Lipinski definition) is 17. The third-order valence-electron chi connectivity index (χ3n) is 9.11. The highest BCUT2D eigenvalue weighted by Gasteiger charge is 2.55. The SMILES string of the molecule is COc1ccc(COC[C@H]2O[C@H](OC[C@H]3O[C@@H](Sc4ccccc4)[C@H](OC(C)=O)[C@@H](OC(C)=O)[C@@H]3OCc3ccccc3)[C@H](OC(C)=O)[C@@H](OC(C)=O)[C@@H]2OC(C)=O)cc1. The number of carbonyl (C=O) groups is 5.